The van der Waals surface area contributed by atoms with Gasteiger partial charge in [0.05, 0.1) is 32.0 Å². The molecule has 0 aromatic carbocycles. The van der Waals surface area contributed by atoms with Gasteiger partial charge >= 0.3 is 0 Å². The van der Waals surface area contributed by atoms with Crippen molar-refractivity contribution in [1.29, 1.82) is 0 Å². The number of aliphatic hydroxyl groups excluding tert-OH is 8. The molecule has 2 rings (SSSR count). The number of hydrogen-bond donors (Lipinski definition) is 9. The summed E-state index contributed by atoms with van der Waals surface area (Å²) in [5.41, 5.74) is 0. The lowest BCUT2D eigenvalue weighted by Gasteiger charge is -2.46. The van der Waals surface area contributed by atoms with Gasteiger partial charge in [-0.05, 0) is 38.5 Å². The number of aliphatic hydroxyl groups is 8. The summed E-state index contributed by atoms with van der Waals surface area (Å²) in [5, 5.41) is 85.5. The molecule has 14 heteroatoms. The maximum Gasteiger partial charge on any atom is 0.220 e. The number of allylic oxidation sites excluding steroid dienone is 3. The minimum absolute atomic E-state index is 0.262. The Morgan fingerprint density at radius 3 is 1.90 bits per heavy atom. The third kappa shape index (κ3) is 16.2. The molecule has 0 saturated carbocycles. The summed E-state index contributed by atoms with van der Waals surface area (Å²) in [4.78, 5) is 12.9. The van der Waals surface area contributed by atoms with Crippen LogP contribution in [-0.4, -0.2) is 140 Å². The molecule has 2 heterocycles. The summed E-state index contributed by atoms with van der Waals surface area (Å²) in [6, 6.07) is -0.909. The summed E-state index contributed by atoms with van der Waals surface area (Å²) in [6.45, 7) is 2.54. The van der Waals surface area contributed by atoms with Crippen molar-refractivity contribution in [3.05, 3.63) is 24.3 Å². The molecule has 2 aliphatic rings. The number of rotatable bonds is 26. The maximum atomic E-state index is 12.9. The van der Waals surface area contributed by atoms with Crippen LogP contribution >= 0.6 is 0 Å². The van der Waals surface area contributed by atoms with Crippen molar-refractivity contribution in [2.45, 2.75) is 184 Å². The summed E-state index contributed by atoms with van der Waals surface area (Å²) in [5.74, 6) is -0.262. The Hall–Kier alpha value is -1.53. The van der Waals surface area contributed by atoms with E-state index >= 15 is 0 Å². The average molecular weight is 734 g/mol. The topological polar surface area (TPSA) is 228 Å². The van der Waals surface area contributed by atoms with E-state index < -0.39 is 86.8 Å². The van der Waals surface area contributed by atoms with Crippen molar-refractivity contribution in [3.8, 4) is 0 Å². The highest BCUT2D eigenvalue weighted by molar-refractivity contribution is 5.76. The summed E-state index contributed by atoms with van der Waals surface area (Å²) in [7, 11) is 0. The minimum atomic E-state index is -1.78. The predicted molar refractivity (Wildman–Crippen MR) is 189 cm³/mol. The highest BCUT2D eigenvalue weighted by Crippen LogP contribution is 2.29. The zero-order valence-corrected chi connectivity index (χ0v) is 30.6. The molecule has 12 unspecified atom stereocenters. The molecule has 2 fully saturated rings. The van der Waals surface area contributed by atoms with Crippen LogP contribution in [0.1, 0.15) is 110 Å². The lowest BCUT2D eigenvalue weighted by atomic mass is 9.97. The van der Waals surface area contributed by atoms with Crippen molar-refractivity contribution >= 4 is 5.91 Å². The number of nitrogens with one attached hydrogen (secondary N) is 1. The Balaban J connectivity index is 1.89. The second-order valence-corrected chi connectivity index (χ2v) is 13.7. The molecule has 0 spiro atoms. The van der Waals surface area contributed by atoms with Crippen LogP contribution in [0.2, 0.25) is 0 Å². The molecule has 2 saturated heterocycles. The quantitative estimate of drug-likeness (QED) is 0.0454. The third-order valence-electron chi connectivity index (χ3n) is 9.38. The van der Waals surface area contributed by atoms with Gasteiger partial charge in [-0.25, -0.2) is 0 Å². The van der Waals surface area contributed by atoms with Crippen LogP contribution in [0.3, 0.4) is 0 Å². The van der Waals surface area contributed by atoms with Crippen LogP contribution in [-0.2, 0) is 23.7 Å². The molecule has 0 aliphatic carbocycles. The van der Waals surface area contributed by atoms with Crippen molar-refractivity contribution in [1.82, 2.24) is 5.32 Å². The van der Waals surface area contributed by atoms with Crippen molar-refractivity contribution < 1.29 is 64.6 Å². The fourth-order valence-electron chi connectivity index (χ4n) is 6.09. The van der Waals surface area contributed by atoms with E-state index in [0.717, 1.165) is 57.8 Å². The van der Waals surface area contributed by atoms with E-state index in [1.54, 1.807) is 6.08 Å². The van der Waals surface area contributed by atoms with E-state index in [4.69, 9.17) is 18.9 Å². The largest absolute Gasteiger partial charge is 0.394 e. The van der Waals surface area contributed by atoms with Crippen LogP contribution < -0.4 is 5.32 Å². The number of unbranched alkanes of at least 4 members (excludes halogenated alkanes) is 11. The van der Waals surface area contributed by atoms with Crippen LogP contribution in [0.15, 0.2) is 24.3 Å². The normalized spacial score (nSPS) is 31.3. The minimum Gasteiger partial charge on any atom is -0.394 e. The fraction of sp³-hybridized carbons (Fsp3) is 0.865. The molecule has 14 nitrogen and oxygen atoms in total. The molecule has 2 aliphatic heterocycles. The number of hydrogen-bond acceptors (Lipinski definition) is 13. The van der Waals surface area contributed by atoms with Gasteiger partial charge in [0.2, 0.25) is 5.91 Å². The molecule has 0 bridgehead atoms. The van der Waals surface area contributed by atoms with E-state index in [-0.39, 0.29) is 18.9 Å². The first-order valence-corrected chi connectivity index (χ1v) is 19.1. The van der Waals surface area contributed by atoms with E-state index in [1.165, 1.54) is 25.7 Å². The molecule has 9 N–H and O–H groups in total. The Bertz CT molecular complexity index is 967. The smallest absolute Gasteiger partial charge is 0.220 e. The maximum absolute atomic E-state index is 12.9. The summed E-state index contributed by atoms with van der Waals surface area (Å²) in [6.07, 6.45) is 6.05. The van der Waals surface area contributed by atoms with Crippen LogP contribution in [0.25, 0.3) is 0 Å². The molecule has 298 valence electrons. The second kappa shape index (κ2) is 26.3. The lowest BCUT2D eigenvalue weighted by molar-refractivity contribution is -0.359. The lowest BCUT2D eigenvalue weighted by Crippen LogP contribution is -2.65. The molecule has 51 heavy (non-hydrogen) atoms. The van der Waals surface area contributed by atoms with Crippen molar-refractivity contribution in [3.63, 3.8) is 0 Å². The zero-order valence-electron chi connectivity index (χ0n) is 30.6. The molecular weight excluding hydrogens is 666 g/mol. The molecule has 12 atom stereocenters. The van der Waals surface area contributed by atoms with Gasteiger partial charge in [0, 0.05) is 6.42 Å². The molecule has 0 aromatic heterocycles. The van der Waals surface area contributed by atoms with Gasteiger partial charge in [-0.3, -0.25) is 4.79 Å². The summed E-state index contributed by atoms with van der Waals surface area (Å²) < 4.78 is 22.4. The SMILES string of the molecule is CCCC/C=C/C(O)C(COC1OC(CO)C(OC2OC(CO)C(O)C(O)C2O)C(O)C1O)NC(=O)CCCCCCC/C=C\CCCCCC. The fourth-order valence-corrected chi connectivity index (χ4v) is 6.09. The van der Waals surface area contributed by atoms with E-state index in [0.29, 0.717) is 6.42 Å². The standard InChI is InChI=1S/C37H67NO13/c1-3-5-7-9-10-11-12-13-14-15-16-17-19-21-29(42)38-25(26(41)20-18-8-6-4-2)24-48-36-34(47)32(45)35(28(23-40)50-36)51-37-33(46)31(44)30(43)27(22-39)49-37/h11-12,18,20,25-28,30-37,39-41,43-47H,3-10,13-17,19,21-24H2,1-2H3,(H,38,42)/b12-11-,20-18+. The van der Waals surface area contributed by atoms with Gasteiger partial charge in [-0.15, -0.1) is 0 Å². The van der Waals surface area contributed by atoms with E-state index in [9.17, 15) is 45.6 Å². The first kappa shape index (κ1) is 45.6. The van der Waals surface area contributed by atoms with Crippen molar-refractivity contribution in [2.24, 2.45) is 0 Å². The molecule has 0 radical (unpaired) electrons. The van der Waals surface area contributed by atoms with Gasteiger partial charge in [-0.1, -0.05) is 89.5 Å². The number of carbonyl (C=O) groups excluding carboxylic acids is 1. The Morgan fingerprint density at radius 2 is 1.25 bits per heavy atom. The van der Waals surface area contributed by atoms with E-state index in [1.807, 2.05) is 6.08 Å². The van der Waals surface area contributed by atoms with E-state index in [2.05, 4.69) is 31.3 Å². The molecular formula is C37H67NO13. The predicted octanol–water partition coefficient (Wildman–Crippen LogP) is 1.48. The van der Waals surface area contributed by atoms with Gasteiger partial charge in [-0.2, -0.15) is 0 Å². The van der Waals surface area contributed by atoms with Gasteiger partial charge in [0.25, 0.3) is 0 Å². The number of amides is 1. The van der Waals surface area contributed by atoms with Gasteiger partial charge < -0.3 is 65.1 Å². The number of carbonyl (C=O) groups is 1. The molecule has 1 amide bonds. The van der Waals surface area contributed by atoms with Gasteiger partial charge in [0.1, 0.15) is 48.8 Å². The highest BCUT2D eigenvalue weighted by Gasteiger charge is 2.50. The summed E-state index contributed by atoms with van der Waals surface area (Å²) >= 11 is 0. The highest BCUT2D eigenvalue weighted by atomic mass is 16.7. The second-order valence-electron chi connectivity index (χ2n) is 13.7. The molecule has 0 aromatic rings. The number of ether oxygens (including phenoxy) is 4. The first-order valence-electron chi connectivity index (χ1n) is 19.1. The van der Waals surface area contributed by atoms with Crippen LogP contribution in [0.5, 0.6) is 0 Å². The average Bonchev–Trinajstić information content (AvgIpc) is 3.12. The van der Waals surface area contributed by atoms with Crippen LogP contribution in [0.4, 0.5) is 0 Å². The third-order valence-corrected chi connectivity index (χ3v) is 9.38. The zero-order chi connectivity index (χ0) is 37.6. The Labute approximate surface area is 303 Å². The Morgan fingerprint density at radius 1 is 0.686 bits per heavy atom. The first-order chi connectivity index (χ1) is 24.6. The van der Waals surface area contributed by atoms with Crippen LogP contribution in [0, 0.1) is 0 Å². The van der Waals surface area contributed by atoms with Crippen molar-refractivity contribution in [2.75, 3.05) is 19.8 Å². The Kier molecular flexibility index (Phi) is 23.5. The monoisotopic (exact) mass is 733 g/mol. The van der Waals surface area contributed by atoms with Gasteiger partial charge in [0.15, 0.2) is 12.6 Å².